The molecule has 0 fully saturated rings. The molecule has 0 aliphatic rings. The Morgan fingerprint density at radius 1 is 1.58 bits per heavy atom. The van der Waals surface area contributed by atoms with Crippen LogP contribution in [0.2, 0.25) is 0 Å². The van der Waals surface area contributed by atoms with E-state index in [-0.39, 0.29) is 0 Å². The molecule has 0 bridgehead atoms. The monoisotopic (exact) mass is 170 g/mol. The molecule has 0 spiro atoms. The Labute approximate surface area is 70.3 Å². The number of pyridine rings is 1. The molecule has 0 radical (unpaired) electrons. The van der Waals surface area contributed by atoms with E-state index in [0.29, 0.717) is 5.56 Å². The van der Waals surface area contributed by atoms with Crippen molar-refractivity contribution in [2.24, 2.45) is 5.90 Å². The number of rotatable bonds is 2. The van der Waals surface area contributed by atoms with E-state index in [1.807, 2.05) is 0 Å². The van der Waals surface area contributed by atoms with Crippen molar-refractivity contribution in [2.45, 2.75) is 19.4 Å². The van der Waals surface area contributed by atoms with Crippen molar-refractivity contribution >= 4 is 0 Å². The van der Waals surface area contributed by atoms with Gasteiger partial charge in [-0.2, -0.15) is 4.39 Å². The van der Waals surface area contributed by atoms with E-state index in [1.165, 1.54) is 6.20 Å². The quantitative estimate of drug-likeness (QED) is 0.538. The summed E-state index contributed by atoms with van der Waals surface area (Å²) in [7, 11) is 0. The van der Waals surface area contributed by atoms with Gasteiger partial charge in [-0.25, -0.2) is 10.9 Å². The minimum atomic E-state index is -0.835. The molecule has 2 N–H and O–H groups in total. The molecule has 0 aliphatic heterocycles. The van der Waals surface area contributed by atoms with Crippen LogP contribution in [0.25, 0.3) is 0 Å². The molecule has 0 aliphatic carbocycles. The minimum absolute atomic E-state index is 0.354. The Balaban J connectivity index is 3.10. The second kappa shape index (κ2) is 3.16. The Hall–Kier alpha value is -1.00. The second-order valence-corrected chi connectivity index (χ2v) is 2.97. The summed E-state index contributed by atoms with van der Waals surface area (Å²) in [5, 5.41) is 0. The number of hydrogen-bond donors (Lipinski definition) is 1. The summed E-state index contributed by atoms with van der Waals surface area (Å²) in [6, 6.07) is 3.23. The number of nitrogens with two attached hydrogens (primary N) is 1. The highest BCUT2D eigenvalue weighted by Gasteiger charge is 2.24. The fourth-order valence-corrected chi connectivity index (χ4v) is 0.899. The van der Waals surface area contributed by atoms with Gasteiger partial charge in [0, 0.05) is 11.8 Å². The van der Waals surface area contributed by atoms with Crippen LogP contribution in [-0.2, 0) is 10.4 Å². The molecule has 0 amide bonds. The molecule has 1 aromatic rings. The first kappa shape index (κ1) is 9.09. The average Bonchev–Trinajstić information content (AvgIpc) is 2.05. The number of nitrogens with zero attached hydrogens (tertiary/aromatic N) is 1. The fourth-order valence-electron chi connectivity index (χ4n) is 0.899. The highest BCUT2D eigenvalue weighted by molar-refractivity contribution is 5.17. The Kier molecular flexibility index (Phi) is 2.40. The molecule has 0 atom stereocenters. The van der Waals surface area contributed by atoms with E-state index in [4.69, 9.17) is 5.90 Å². The van der Waals surface area contributed by atoms with Gasteiger partial charge in [-0.05, 0) is 26.0 Å². The first-order valence-electron chi connectivity index (χ1n) is 3.57. The normalized spacial score (nSPS) is 11.7. The van der Waals surface area contributed by atoms with Gasteiger partial charge in [-0.15, -0.1) is 0 Å². The third kappa shape index (κ3) is 1.60. The van der Waals surface area contributed by atoms with Crippen molar-refractivity contribution in [2.75, 3.05) is 0 Å². The summed E-state index contributed by atoms with van der Waals surface area (Å²) in [6.45, 7) is 3.35. The maximum absolute atomic E-state index is 13.0. The number of hydrogen-bond acceptors (Lipinski definition) is 3. The lowest BCUT2D eigenvalue weighted by Crippen LogP contribution is -2.26. The van der Waals surface area contributed by atoms with E-state index in [0.717, 1.165) is 0 Å². The van der Waals surface area contributed by atoms with Gasteiger partial charge in [0.05, 0.1) is 0 Å². The first-order chi connectivity index (χ1) is 5.58. The third-order valence-electron chi connectivity index (χ3n) is 1.70. The smallest absolute Gasteiger partial charge is 0.219 e. The molecule has 12 heavy (non-hydrogen) atoms. The molecule has 1 aromatic heterocycles. The van der Waals surface area contributed by atoms with Crippen LogP contribution >= 0.6 is 0 Å². The van der Waals surface area contributed by atoms with Gasteiger partial charge in [0.1, 0.15) is 5.60 Å². The molecule has 1 rings (SSSR count). The molecule has 66 valence electrons. The van der Waals surface area contributed by atoms with Gasteiger partial charge >= 0.3 is 0 Å². The lowest BCUT2D eigenvalue weighted by molar-refractivity contribution is -0.0265. The first-order valence-corrected chi connectivity index (χ1v) is 3.57. The lowest BCUT2D eigenvalue weighted by Gasteiger charge is -2.21. The molecule has 1 heterocycles. The molecule has 3 nitrogen and oxygen atoms in total. The van der Waals surface area contributed by atoms with Gasteiger partial charge in [0.2, 0.25) is 5.95 Å². The zero-order valence-electron chi connectivity index (χ0n) is 7.04. The van der Waals surface area contributed by atoms with Crippen LogP contribution in [-0.4, -0.2) is 4.98 Å². The third-order valence-corrected chi connectivity index (χ3v) is 1.70. The van der Waals surface area contributed by atoms with Crippen LogP contribution in [0.15, 0.2) is 18.3 Å². The van der Waals surface area contributed by atoms with Crippen LogP contribution in [0.3, 0.4) is 0 Å². The molecule has 0 aromatic carbocycles. The summed E-state index contributed by atoms with van der Waals surface area (Å²) in [4.78, 5) is 8.12. The molecule has 4 heteroatoms. The van der Waals surface area contributed by atoms with Crippen molar-refractivity contribution in [3.05, 3.63) is 29.8 Å². The summed E-state index contributed by atoms with van der Waals surface area (Å²) >= 11 is 0. The predicted molar refractivity (Wildman–Crippen MR) is 42.5 cm³/mol. The van der Waals surface area contributed by atoms with Crippen LogP contribution < -0.4 is 5.90 Å². The largest absolute Gasteiger partial charge is 0.294 e. The number of aromatic nitrogens is 1. The van der Waals surface area contributed by atoms with Crippen molar-refractivity contribution in [1.82, 2.24) is 4.98 Å². The summed E-state index contributed by atoms with van der Waals surface area (Å²) in [5.74, 6) is 4.46. The van der Waals surface area contributed by atoms with E-state index in [1.54, 1.807) is 26.0 Å². The molecule has 0 unspecified atom stereocenters. The molecular formula is C8H11FN2O. The predicted octanol–water partition coefficient (Wildman–Crippen LogP) is 1.35. The van der Waals surface area contributed by atoms with Crippen LogP contribution in [0.4, 0.5) is 4.39 Å². The summed E-state index contributed by atoms with van der Waals surface area (Å²) in [5.41, 5.74) is -0.481. The Bertz CT molecular complexity index is 276. The van der Waals surface area contributed by atoms with Gasteiger partial charge in [0.15, 0.2) is 0 Å². The van der Waals surface area contributed by atoms with Gasteiger partial charge < -0.3 is 0 Å². The molecular weight excluding hydrogens is 159 g/mol. The van der Waals surface area contributed by atoms with Gasteiger partial charge in [-0.1, -0.05) is 0 Å². The molecule has 0 saturated carbocycles. The summed E-state index contributed by atoms with van der Waals surface area (Å²) in [6.07, 6.45) is 1.38. The SMILES string of the molecule is CC(C)(ON)c1cccnc1F. The van der Waals surface area contributed by atoms with Crippen molar-refractivity contribution in [3.63, 3.8) is 0 Å². The second-order valence-electron chi connectivity index (χ2n) is 2.97. The zero-order valence-corrected chi connectivity index (χ0v) is 7.04. The Morgan fingerprint density at radius 3 is 2.75 bits per heavy atom. The standard InChI is InChI=1S/C8H11FN2O/c1-8(2,12-10)6-4-3-5-11-7(6)9/h3-5H,10H2,1-2H3. The highest BCUT2D eigenvalue weighted by atomic mass is 19.1. The van der Waals surface area contributed by atoms with Crippen molar-refractivity contribution < 1.29 is 9.23 Å². The minimum Gasteiger partial charge on any atom is -0.294 e. The van der Waals surface area contributed by atoms with E-state index >= 15 is 0 Å². The van der Waals surface area contributed by atoms with E-state index < -0.39 is 11.5 Å². The summed E-state index contributed by atoms with van der Waals surface area (Å²) < 4.78 is 13.0. The number of halogens is 1. The molecule has 0 saturated heterocycles. The highest BCUT2D eigenvalue weighted by Crippen LogP contribution is 2.23. The van der Waals surface area contributed by atoms with Crippen LogP contribution in [0.1, 0.15) is 19.4 Å². The van der Waals surface area contributed by atoms with Crippen molar-refractivity contribution in [1.29, 1.82) is 0 Å². The zero-order chi connectivity index (χ0) is 9.19. The average molecular weight is 170 g/mol. The topological polar surface area (TPSA) is 48.1 Å². The van der Waals surface area contributed by atoms with Gasteiger partial charge in [0.25, 0.3) is 0 Å². The maximum Gasteiger partial charge on any atom is 0.219 e. The van der Waals surface area contributed by atoms with Crippen LogP contribution in [0.5, 0.6) is 0 Å². The van der Waals surface area contributed by atoms with Crippen molar-refractivity contribution in [3.8, 4) is 0 Å². The fraction of sp³-hybridized carbons (Fsp3) is 0.375. The maximum atomic E-state index is 13.0. The Morgan fingerprint density at radius 2 is 2.25 bits per heavy atom. The van der Waals surface area contributed by atoms with Gasteiger partial charge in [-0.3, -0.25) is 4.84 Å². The van der Waals surface area contributed by atoms with Crippen LogP contribution in [0, 0.1) is 5.95 Å². The van der Waals surface area contributed by atoms with E-state index in [2.05, 4.69) is 9.82 Å². The lowest BCUT2D eigenvalue weighted by atomic mass is 10.0. The van der Waals surface area contributed by atoms with E-state index in [9.17, 15) is 4.39 Å².